The normalized spacial score (nSPS) is 10.1. The second kappa shape index (κ2) is 10.5. The van der Waals surface area contributed by atoms with E-state index in [0.29, 0.717) is 13.2 Å². The lowest BCUT2D eigenvalue weighted by Gasteiger charge is -2.04. The van der Waals surface area contributed by atoms with Crippen molar-refractivity contribution in [2.24, 2.45) is 0 Å². The molecule has 0 bridgehead atoms. The van der Waals surface area contributed by atoms with Gasteiger partial charge < -0.3 is 15.2 Å². The van der Waals surface area contributed by atoms with Crippen LogP contribution in [-0.2, 0) is 9.53 Å². The number of aliphatic hydroxyl groups is 1. The van der Waals surface area contributed by atoms with Crippen molar-refractivity contribution in [1.29, 1.82) is 0 Å². The van der Waals surface area contributed by atoms with Crippen LogP contribution in [0.5, 0.6) is 0 Å². The molecule has 0 saturated carbocycles. The number of hydrogen-bond donors (Lipinski definition) is 2. The zero-order chi connectivity index (χ0) is 10.6. The van der Waals surface area contributed by atoms with Crippen molar-refractivity contribution >= 4 is 5.91 Å². The number of unbranched alkanes of at least 4 members (excludes halogenated alkanes) is 2. The van der Waals surface area contributed by atoms with Crippen LogP contribution in [0.1, 0.15) is 32.6 Å². The highest BCUT2D eigenvalue weighted by Gasteiger charge is 1.98. The minimum absolute atomic E-state index is 0.0533. The molecule has 0 aliphatic carbocycles. The molecular formula is C10H21NO3. The van der Waals surface area contributed by atoms with E-state index in [-0.39, 0.29) is 19.1 Å². The fourth-order valence-electron chi connectivity index (χ4n) is 1.00. The van der Waals surface area contributed by atoms with E-state index in [4.69, 9.17) is 9.84 Å². The molecular weight excluding hydrogens is 182 g/mol. The molecule has 0 spiro atoms. The van der Waals surface area contributed by atoms with E-state index >= 15 is 0 Å². The maximum absolute atomic E-state index is 11.1. The first-order valence-electron chi connectivity index (χ1n) is 5.26. The molecule has 14 heavy (non-hydrogen) atoms. The van der Waals surface area contributed by atoms with E-state index < -0.39 is 0 Å². The molecule has 0 heterocycles. The molecule has 0 saturated heterocycles. The van der Waals surface area contributed by atoms with Gasteiger partial charge in [-0.2, -0.15) is 0 Å². The van der Waals surface area contributed by atoms with Crippen molar-refractivity contribution in [3.63, 3.8) is 0 Å². The third kappa shape index (κ3) is 9.48. The lowest BCUT2D eigenvalue weighted by atomic mass is 10.2. The number of amides is 1. The number of nitrogens with one attached hydrogen (secondary N) is 1. The standard InChI is InChI=1S/C10H21NO3/c1-2-8-14-9-10(13)11-6-4-3-5-7-12/h12H,2-9H2,1H3,(H,11,13). The molecule has 0 unspecified atom stereocenters. The molecule has 0 radical (unpaired) electrons. The van der Waals surface area contributed by atoms with E-state index in [0.717, 1.165) is 25.7 Å². The van der Waals surface area contributed by atoms with Crippen molar-refractivity contribution in [2.75, 3.05) is 26.4 Å². The summed E-state index contributed by atoms with van der Waals surface area (Å²) < 4.78 is 5.07. The number of rotatable bonds is 9. The molecule has 0 aromatic heterocycles. The lowest BCUT2D eigenvalue weighted by Crippen LogP contribution is -2.28. The predicted octanol–water partition coefficient (Wildman–Crippen LogP) is 0.692. The Bertz CT molecular complexity index is 139. The quantitative estimate of drug-likeness (QED) is 0.542. The Labute approximate surface area is 85.6 Å². The van der Waals surface area contributed by atoms with Crippen LogP contribution < -0.4 is 5.32 Å². The summed E-state index contributed by atoms with van der Waals surface area (Å²) in [4.78, 5) is 11.1. The minimum atomic E-state index is -0.0533. The summed E-state index contributed by atoms with van der Waals surface area (Å²) in [5.41, 5.74) is 0. The summed E-state index contributed by atoms with van der Waals surface area (Å²) in [5, 5.41) is 11.3. The highest BCUT2D eigenvalue weighted by Crippen LogP contribution is 1.91. The number of ether oxygens (including phenoxy) is 1. The molecule has 84 valence electrons. The van der Waals surface area contributed by atoms with Crippen molar-refractivity contribution in [1.82, 2.24) is 5.32 Å². The number of carbonyl (C=O) groups excluding carboxylic acids is 1. The number of hydrogen-bond acceptors (Lipinski definition) is 3. The summed E-state index contributed by atoms with van der Waals surface area (Å²) in [5.74, 6) is -0.0533. The largest absolute Gasteiger partial charge is 0.396 e. The van der Waals surface area contributed by atoms with Crippen LogP contribution in [0.15, 0.2) is 0 Å². The first-order chi connectivity index (χ1) is 6.81. The molecule has 2 N–H and O–H groups in total. The van der Waals surface area contributed by atoms with E-state index in [1.165, 1.54) is 0 Å². The van der Waals surface area contributed by atoms with E-state index in [2.05, 4.69) is 5.32 Å². The van der Waals surface area contributed by atoms with Gasteiger partial charge >= 0.3 is 0 Å². The van der Waals surface area contributed by atoms with E-state index in [1.54, 1.807) is 0 Å². The van der Waals surface area contributed by atoms with E-state index in [1.807, 2.05) is 6.92 Å². The smallest absolute Gasteiger partial charge is 0.245 e. The third-order valence-corrected chi connectivity index (χ3v) is 1.74. The first-order valence-corrected chi connectivity index (χ1v) is 5.26. The second-order valence-corrected chi connectivity index (χ2v) is 3.19. The van der Waals surface area contributed by atoms with Crippen molar-refractivity contribution in [3.8, 4) is 0 Å². The third-order valence-electron chi connectivity index (χ3n) is 1.74. The van der Waals surface area contributed by atoms with Gasteiger partial charge in [0.05, 0.1) is 0 Å². The zero-order valence-corrected chi connectivity index (χ0v) is 8.92. The van der Waals surface area contributed by atoms with Gasteiger partial charge in [-0.3, -0.25) is 4.79 Å². The summed E-state index contributed by atoms with van der Waals surface area (Å²) in [6.45, 7) is 3.71. The van der Waals surface area contributed by atoms with Crippen LogP contribution >= 0.6 is 0 Å². The molecule has 0 fully saturated rings. The summed E-state index contributed by atoms with van der Waals surface area (Å²) in [6.07, 6.45) is 3.61. The maximum atomic E-state index is 11.1. The Kier molecular flexibility index (Phi) is 10.0. The molecule has 4 heteroatoms. The molecule has 0 atom stereocenters. The van der Waals surface area contributed by atoms with Gasteiger partial charge in [0.2, 0.25) is 5.91 Å². The molecule has 0 aliphatic heterocycles. The monoisotopic (exact) mass is 203 g/mol. The van der Waals surface area contributed by atoms with Crippen LogP contribution in [0.4, 0.5) is 0 Å². The van der Waals surface area contributed by atoms with Gasteiger partial charge in [-0.05, 0) is 25.7 Å². The van der Waals surface area contributed by atoms with Gasteiger partial charge in [0.25, 0.3) is 0 Å². The minimum Gasteiger partial charge on any atom is -0.396 e. The fourth-order valence-corrected chi connectivity index (χ4v) is 1.00. The Morgan fingerprint density at radius 3 is 2.79 bits per heavy atom. The van der Waals surface area contributed by atoms with Crippen LogP contribution in [0.25, 0.3) is 0 Å². The van der Waals surface area contributed by atoms with Crippen molar-refractivity contribution in [3.05, 3.63) is 0 Å². The van der Waals surface area contributed by atoms with Crippen LogP contribution in [-0.4, -0.2) is 37.4 Å². The Hall–Kier alpha value is -0.610. The zero-order valence-electron chi connectivity index (χ0n) is 8.92. The molecule has 0 aliphatic rings. The van der Waals surface area contributed by atoms with Gasteiger partial charge in [-0.15, -0.1) is 0 Å². The molecule has 1 amide bonds. The lowest BCUT2D eigenvalue weighted by molar-refractivity contribution is -0.125. The second-order valence-electron chi connectivity index (χ2n) is 3.19. The summed E-state index contributed by atoms with van der Waals surface area (Å²) in [7, 11) is 0. The Morgan fingerprint density at radius 1 is 1.36 bits per heavy atom. The average molecular weight is 203 g/mol. The number of carbonyl (C=O) groups is 1. The molecule has 4 nitrogen and oxygen atoms in total. The van der Waals surface area contributed by atoms with E-state index in [9.17, 15) is 4.79 Å². The highest BCUT2D eigenvalue weighted by atomic mass is 16.5. The fraction of sp³-hybridized carbons (Fsp3) is 0.900. The van der Waals surface area contributed by atoms with Crippen molar-refractivity contribution < 1.29 is 14.6 Å². The highest BCUT2D eigenvalue weighted by molar-refractivity contribution is 5.77. The van der Waals surface area contributed by atoms with Gasteiger partial charge in [-0.25, -0.2) is 0 Å². The Morgan fingerprint density at radius 2 is 2.14 bits per heavy atom. The first kappa shape index (κ1) is 13.4. The molecule has 0 aromatic rings. The van der Waals surface area contributed by atoms with Gasteiger partial charge in [0.15, 0.2) is 0 Å². The molecule has 0 aromatic carbocycles. The average Bonchev–Trinajstić information content (AvgIpc) is 2.18. The van der Waals surface area contributed by atoms with Crippen molar-refractivity contribution in [2.45, 2.75) is 32.6 Å². The van der Waals surface area contributed by atoms with Crippen LogP contribution in [0.3, 0.4) is 0 Å². The summed E-state index contributed by atoms with van der Waals surface area (Å²) >= 11 is 0. The SMILES string of the molecule is CCCOCC(=O)NCCCCCO. The maximum Gasteiger partial charge on any atom is 0.245 e. The van der Waals surface area contributed by atoms with Gasteiger partial charge in [-0.1, -0.05) is 6.92 Å². The van der Waals surface area contributed by atoms with Gasteiger partial charge in [0.1, 0.15) is 6.61 Å². The van der Waals surface area contributed by atoms with Crippen LogP contribution in [0.2, 0.25) is 0 Å². The summed E-state index contributed by atoms with van der Waals surface area (Å²) in [6, 6.07) is 0. The van der Waals surface area contributed by atoms with Crippen LogP contribution in [0, 0.1) is 0 Å². The topological polar surface area (TPSA) is 58.6 Å². The number of aliphatic hydroxyl groups excluding tert-OH is 1. The molecule has 0 rings (SSSR count). The predicted molar refractivity (Wildman–Crippen MR) is 55.1 cm³/mol. The van der Waals surface area contributed by atoms with Gasteiger partial charge in [0, 0.05) is 19.8 Å². The Balaban J connectivity index is 3.10.